The van der Waals surface area contributed by atoms with E-state index in [4.69, 9.17) is 0 Å². The average Bonchev–Trinajstić information content (AvgIpc) is 2.31. The quantitative estimate of drug-likeness (QED) is 0.447. The lowest BCUT2D eigenvalue weighted by molar-refractivity contribution is -0.385. The van der Waals surface area contributed by atoms with Crippen LogP contribution in [0.1, 0.15) is 0 Å². The van der Waals surface area contributed by atoms with Crippen LogP contribution in [0.25, 0.3) is 11.1 Å². The van der Waals surface area contributed by atoms with Crippen LogP contribution in [-0.2, 0) is 0 Å². The zero-order valence-electron chi connectivity index (χ0n) is 8.93. The highest BCUT2D eigenvalue weighted by atomic mass is 127. The zero-order chi connectivity index (χ0) is 13.3. The summed E-state index contributed by atoms with van der Waals surface area (Å²) in [5.41, 5.74) is 0.801. The standard InChI is InChI=1S/C12H7BrINO3/c13-10-3-1-2-8(12(10)15(17)18)9-6-7(14)4-5-11(9)16/h1-6,16H. The fraction of sp³-hybridized carbons (Fsp3) is 0. The van der Waals surface area contributed by atoms with E-state index in [1.54, 1.807) is 30.3 Å². The highest BCUT2D eigenvalue weighted by Crippen LogP contribution is 2.40. The Morgan fingerprint density at radius 3 is 2.61 bits per heavy atom. The first-order valence-corrected chi connectivity index (χ1v) is 6.79. The second kappa shape index (κ2) is 5.23. The van der Waals surface area contributed by atoms with Crippen LogP contribution in [0.4, 0.5) is 5.69 Å². The Balaban J connectivity index is 2.75. The van der Waals surface area contributed by atoms with Gasteiger partial charge in [0.15, 0.2) is 0 Å². The minimum absolute atomic E-state index is 0.0246. The Bertz CT molecular complexity index is 631. The first kappa shape index (κ1) is 13.3. The molecule has 92 valence electrons. The first-order chi connectivity index (χ1) is 8.50. The number of hydrogen-bond donors (Lipinski definition) is 1. The molecule has 0 unspecified atom stereocenters. The fourth-order valence-corrected chi connectivity index (χ4v) is 2.64. The van der Waals surface area contributed by atoms with Crippen LogP contribution in [0.5, 0.6) is 5.75 Å². The van der Waals surface area contributed by atoms with E-state index in [1.807, 2.05) is 0 Å². The van der Waals surface area contributed by atoms with Crippen molar-refractivity contribution in [2.24, 2.45) is 0 Å². The molecule has 2 aromatic carbocycles. The van der Waals surface area contributed by atoms with Gasteiger partial charge in [-0.25, -0.2) is 0 Å². The largest absolute Gasteiger partial charge is 0.507 e. The summed E-state index contributed by atoms with van der Waals surface area (Å²) in [4.78, 5) is 10.6. The minimum Gasteiger partial charge on any atom is -0.507 e. The van der Waals surface area contributed by atoms with Gasteiger partial charge in [-0.2, -0.15) is 0 Å². The molecular formula is C12H7BrINO3. The SMILES string of the molecule is O=[N+]([O-])c1c(Br)cccc1-c1cc(I)ccc1O. The summed E-state index contributed by atoms with van der Waals surface area (Å²) in [6.45, 7) is 0. The number of phenols is 1. The highest BCUT2D eigenvalue weighted by Gasteiger charge is 2.21. The monoisotopic (exact) mass is 419 g/mol. The molecule has 18 heavy (non-hydrogen) atoms. The maximum absolute atomic E-state index is 11.1. The second-order valence-corrected chi connectivity index (χ2v) is 5.65. The molecule has 0 radical (unpaired) electrons. The maximum Gasteiger partial charge on any atom is 0.291 e. The van der Waals surface area contributed by atoms with Crippen molar-refractivity contribution in [3.05, 3.63) is 54.6 Å². The van der Waals surface area contributed by atoms with Gasteiger partial charge >= 0.3 is 0 Å². The van der Waals surface area contributed by atoms with Crippen LogP contribution in [0.15, 0.2) is 40.9 Å². The molecule has 0 aromatic heterocycles. The van der Waals surface area contributed by atoms with Crippen molar-refractivity contribution in [3.63, 3.8) is 0 Å². The van der Waals surface area contributed by atoms with Crippen molar-refractivity contribution < 1.29 is 10.0 Å². The summed E-state index contributed by atoms with van der Waals surface area (Å²) >= 11 is 5.26. The number of halogens is 2. The van der Waals surface area contributed by atoms with Crippen LogP contribution in [0.2, 0.25) is 0 Å². The molecule has 0 heterocycles. The van der Waals surface area contributed by atoms with Crippen molar-refractivity contribution in [2.45, 2.75) is 0 Å². The third-order valence-electron chi connectivity index (χ3n) is 2.42. The molecule has 0 saturated carbocycles. The molecule has 0 amide bonds. The molecule has 0 atom stereocenters. The van der Waals surface area contributed by atoms with Crippen molar-refractivity contribution in [1.82, 2.24) is 0 Å². The van der Waals surface area contributed by atoms with Gasteiger partial charge in [-0.1, -0.05) is 6.07 Å². The number of para-hydroxylation sites is 1. The number of nitro benzene ring substituents is 1. The first-order valence-electron chi connectivity index (χ1n) is 4.92. The molecule has 0 spiro atoms. The number of hydrogen-bond acceptors (Lipinski definition) is 3. The summed E-state index contributed by atoms with van der Waals surface area (Å²) in [6.07, 6.45) is 0. The van der Waals surface area contributed by atoms with Crippen LogP contribution in [-0.4, -0.2) is 10.0 Å². The number of nitrogens with zero attached hydrogens (tertiary/aromatic N) is 1. The van der Waals surface area contributed by atoms with Gasteiger partial charge in [-0.15, -0.1) is 0 Å². The van der Waals surface area contributed by atoms with E-state index in [1.165, 1.54) is 6.07 Å². The van der Waals surface area contributed by atoms with E-state index in [0.29, 0.717) is 15.6 Å². The van der Waals surface area contributed by atoms with Gasteiger partial charge in [0, 0.05) is 9.13 Å². The predicted molar refractivity (Wildman–Crippen MR) is 80.6 cm³/mol. The number of nitro groups is 1. The molecule has 2 aromatic rings. The van der Waals surface area contributed by atoms with Gasteiger partial charge in [0.25, 0.3) is 5.69 Å². The number of rotatable bonds is 2. The second-order valence-electron chi connectivity index (χ2n) is 3.55. The summed E-state index contributed by atoms with van der Waals surface area (Å²) in [6, 6.07) is 9.90. The lowest BCUT2D eigenvalue weighted by Crippen LogP contribution is -1.93. The summed E-state index contributed by atoms with van der Waals surface area (Å²) in [5.74, 6) is 0.0246. The Labute approximate surface area is 125 Å². The van der Waals surface area contributed by atoms with E-state index in [0.717, 1.165) is 3.57 Å². The molecule has 4 nitrogen and oxygen atoms in total. The Morgan fingerprint density at radius 1 is 1.22 bits per heavy atom. The van der Waals surface area contributed by atoms with Gasteiger partial charge < -0.3 is 5.11 Å². The smallest absolute Gasteiger partial charge is 0.291 e. The van der Waals surface area contributed by atoms with Crippen LogP contribution in [0.3, 0.4) is 0 Å². The maximum atomic E-state index is 11.1. The molecule has 0 aliphatic carbocycles. The molecule has 0 bridgehead atoms. The van der Waals surface area contributed by atoms with Gasteiger partial charge in [0.2, 0.25) is 0 Å². The predicted octanol–water partition coefficient (Wildman–Crippen LogP) is 4.33. The molecule has 1 N–H and O–H groups in total. The molecular weight excluding hydrogens is 413 g/mol. The normalized spacial score (nSPS) is 10.3. The van der Waals surface area contributed by atoms with E-state index < -0.39 is 4.92 Å². The van der Waals surface area contributed by atoms with Gasteiger partial charge in [0.05, 0.1) is 15.0 Å². The Kier molecular flexibility index (Phi) is 3.86. The van der Waals surface area contributed by atoms with E-state index in [2.05, 4.69) is 38.5 Å². The van der Waals surface area contributed by atoms with E-state index in [-0.39, 0.29) is 11.4 Å². The lowest BCUT2D eigenvalue weighted by Gasteiger charge is -2.07. The third-order valence-corrected chi connectivity index (χ3v) is 3.73. The number of aromatic hydroxyl groups is 1. The summed E-state index contributed by atoms with van der Waals surface area (Å²) < 4.78 is 1.29. The number of benzene rings is 2. The molecule has 2 rings (SSSR count). The molecule has 0 aliphatic heterocycles. The van der Waals surface area contributed by atoms with E-state index >= 15 is 0 Å². The van der Waals surface area contributed by atoms with Crippen molar-refractivity contribution >= 4 is 44.2 Å². The minimum atomic E-state index is -0.460. The molecule has 0 fully saturated rings. The molecule has 0 aliphatic rings. The van der Waals surface area contributed by atoms with Gasteiger partial charge in [0.1, 0.15) is 5.75 Å². The van der Waals surface area contributed by atoms with Crippen molar-refractivity contribution in [2.75, 3.05) is 0 Å². The Morgan fingerprint density at radius 2 is 1.94 bits per heavy atom. The van der Waals surface area contributed by atoms with E-state index in [9.17, 15) is 15.2 Å². The molecule has 6 heteroatoms. The molecule has 0 saturated heterocycles. The Hall–Kier alpha value is -1.15. The van der Waals surface area contributed by atoms with Crippen LogP contribution >= 0.6 is 38.5 Å². The van der Waals surface area contributed by atoms with Crippen LogP contribution in [0, 0.1) is 13.7 Å². The lowest BCUT2D eigenvalue weighted by atomic mass is 10.0. The summed E-state index contributed by atoms with van der Waals surface area (Å²) in [5, 5.41) is 20.9. The van der Waals surface area contributed by atoms with Crippen molar-refractivity contribution in [1.29, 1.82) is 0 Å². The zero-order valence-corrected chi connectivity index (χ0v) is 12.7. The fourth-order valence-electron chi connectivity index (χ4n) is 1.64. The average molecular weight is 420 g/mol. The third kappa shape index (κ3) is 2.49. The number of phenolic OH excluding ortho intramolecular Hbond substituents is 1. The van der Waals surface area contributed by atoms with Gasteiger partial charge in [-0.3, -0.25) is 10.1 Å². The van der Waals surface area contributed by atoms with Crippen molar-refractivity contribution in [3.8, 4) is 16.9 Å². The summed E-state index contributed by atoms with van der Waals surface area (Å²) in [7, 11) is 0. The van der Waals surface area contributed by atoms with Crippen LogP contribution < -0.4 is 0 Å². The highest BCUT2D eigenvalue weighted by molar-refractivity contribution is 14.1. The topological polar surface area (TPSA) is 63.4 Å². The van der Waals surface area contributed by atoms with Gasteiger partial charge in [-0.05, 0) is 68.9 Å².